The molecule has 2 fully saturated rings. The van der Waals surface area contributed by atoms with Crippen molar-refractivity contribution >= 4 is 16.8 Å². The SMILES string of the molecule is Cc1nc(C(=O)N2CCCC2c2nc3ccccc3c(=O)n2C2CCCC2)co1. The number of benzene rings is 1. The highest BCUT2D eigenvalue weighted by atomic mass is 16.3. The minimum Gasteiger partial charge on any atom is -0.448 e. The van der Waals surface area contributed by atoms with Crippen molar-refractivity contribution in [3.63, 3.8) is 0 Å². The van der Waals surface area contributed by atoms with E-state index in [1.807, 2.05) is 28.8 Å². The lowest BCUT2D eigenvalue weighted by molar-refractivity contribution is 0.0719. The molecule has 0 N–H and O–H groups in total. The van der Waals surface area contributed by atoms with Crippen LogP contribution < -0.4 is 5.56 Å². The van der Waals surface area contributed by atoms with Crippen LogP contribution in [0.15, 0.2) is 39.7 Å². The Balaban J connectivity index is 1.63. The summed E-state index contributed by atoms with van der Waals surface area (Å²) in [6.07, 6.45) is 7.28. The van der Waals surface area contributed by atoms with Crippen molar-refractivity contribution in [3.8, 4) is 0 Å². The fourth-order valence-electron chi connectivity index (χ4n) is 4.80. The lowest BCUT2D eigenvalue weighted by Crippen LogP contribution is -2.36. The second kappa shape index (κ2) is 7.13. The molecule has 0 spiro atoms. The molecule has 1 saturated carbocycles. The maximum Gasteiger partial charge on any atom is 0.276 e. The lowest BCUT2D eigenvalue weighted by atomic mass is 10.1. The van der Waals surface area contributed by atoms with Crippen LogP contribution in [0.3, 0.4) is 0 Å². The molecule has 3 heterocycles. The molecule has 5 rings (SSSR count). The summed E-state index contributed by atoms with van der Waals surface area (Å²) < 4.78 is 7.13. The largest absolute Gasteiger partial charge is 0.448 e. The Morgan fingerprint density at radius 1 is 1.10 bits per heavy atom. The Labute approximate surface area is 168 Å². The first-order chi connectivity index (χ1) is 14.1. The van der Waals surface area contributed by atoms with E-state index in [9.17, 15) is 9.59 Å². The lowest BCUT2D eigenvalue weighted by Gasteiger charge is -2.28. The Morgan fingerprint density at radius 3 is 2.66 bits per heavy atom. The van der Waals surface area contributed by atoms with E-state index < -0.39 is 0 Å². The molecule has 1 aromatic carbocycles. The van der Waals surface area contributed by atoms with Crippen molar-refractivity contribution in [3.05, 3.63) is 58.3 Å². The van der Waals surface area contributed by atoms with E-state index in [0.717, 1.165) is 38.5 Å². The number of para-hydroxylation sites is 1. The molecular formula is C22H24N4O3. The third kappa shape index (κ3) is 3.05. The summed E-state index contributed by atoms with van der Waals surface area (Å²) >= 11 is 0. The summed E-state index contributed by atoms with van der Waals surface area (Å²) in [6, 6.07) is 7.42. The van der Waals surface area contributed by atoms with Crippen molar-refractivity contribution in [2.24, 2.45) is 0 Å². The second-order valence-electron chi connectivity index (χ2n) is 8.01. The monoisotopic (exact) mass is 392 g/mol. The number of amides is 1. The van der Waals surface area contributed by atoms with Crippen LogP contribution in [0.1, 0.15) is 72.8 Å². The molecular weight excluding hydrogens is 368 g/mol. The van der Waals surface area contributed by atoms with Gasteiger partial charge < -0.3 is 9.32 Å². The first-order valence-corrected chi connectivity index (χ1v) is 10.4. The smallest absolute Gasteiger partial charge is 0.276 e. The van der Waals surface area contributed by atoms with Gasteiger partial charge in [0.15, 0.2) is 11.6 Å². The summed E-state index contributed by atoms with van der Waals surface area (Å²) in [7, 11) is 0. The number of aromatic nitrogens is 3. The molecule has 1 saturated heterocycles. The number of carbonyl (C=O) groups excluding carboxylic acids is 1. The summed E-state index contributed by atoms with van der Waals surface area (Å²) in [4.78, 5) is 37.5. The van der Waals surface area contributed by atoms with Crippen LogP contribution in [0.25, 0.3) is 10.9 Å². The molecule has 1 aliphatic carbocycles. The van der Waals surface area contributed by atoms with Crippen molar-refractivity contribution in [1.82, 2.24) is 19.4 Å². The van der Waals surface area contributed by atoms with Gasteiger partial charge in [0.1, 0.15) is 12.1 Å². The Hall–Kier alpha value is -2.96. The fraction of sp³-hybridized carbons (Fsp3) is 0.455. The molecule has 2 aromatic heterocycles. The van der Waals surface area contributed by atoms with Crippen LogP contribution >= 0.6 is 0 Å². The molecule has 1 aliphatic heterocycles. The summed E-state index contributed by atoms with van der Waals surface area (Å²) in [5, 5.41) is 0.645. The minimum absolute atomic E-state index is 0.00841. The number of fused-ring (bicyclic) bond motifs is 1. The van der Waals surface area contributed by atoms with Gasteiger partial charge in [-0.1, -0.05) is 25.0 Å². The molecule has 7 heteroatoms. The quantitative estimate of drug-likeness (QED) is 0.677. The number of likely N-dealkylation sites (tertiary alicyclic amines) is 1. The molecule has 0 radical (unpaired) electrons. The third-order valence-corrected chi connectivity index (χ3v) is 6.17. The van der Waals surface area contributed by atoms with Gasteiger partial charge in [-0.05, 0) is 37.8 Å². The molecule has 3 aromatic rings. The highest BCUT2D eigenvalue weighted by Gasteiger charge is 2.36. The molecule has 0 bridgehead atoms. The third-order valence-electron chi connectivity index (χ3n) is 6.17. The van der Waals surface area contributed by atoms with Crippen molar-refractivity contribution in [2.75, 3.05) is 6.54 Å². The van der Waals surface area contributed by atoms with Gasteiger partial charge in [-0.15, -0.1) is 0 Å². The second-order valence-corrected chi connectivity index (χ2v) is 8.01. The number of carbonyl (C=O) groups is 1. The maximum atomic E-state index is 13.4. The molecule has 1 unspecified atom stereocenters. The zero-order valence-electron chi connectivity index (χ0n) is 16.5. The predicted molar refractivity (Wildman–Crippen MR) is 108 cm³/mol. The van der Waals surface area contributed by atoms with Gasteiger partial charge in [0.05, 0.1) is 16.9 Å². The molecule has 29 heavy (non-hydrogen) atoms. The van der Waals surface area contributed by atoms with Gasteiger partial charge in [-0.25, -0.2) is 9.97 Å². The van der Waals surface area contributed by atoms with Gasteiger partial charge in [0.25, 0.3) is 11.5 Å². The van der Waals surface area contributed by atoms with E-state index in [4.69, 9.17) is 9.40 Å². The van der Waals surface area contributed by atoms with E-state index in [1.54, 1.807) is 11.8 Å². The zero-order chi connectivity index (χ0) is 20.0. The van der Waals surface area contributed by atoms with Crippen LogP contribution in [0.2, 0.25) is 0 Å². The first kappa shape index (κ1) is 18.1. The van der Waals surface area contributed by atoms with Crippen molar-refractivity contribution in [2.45, 2.75) is 57.5 Å². The summed E-state index contributed by atoms with van der Waals surface area (Å²) in [6.45, 7) is 2.35. The van der Waals surface area contributed by atoms with Crippen molar-refractivity contribution < 1.29 is 9.21 Å². The summed E-state index contributed by atoms with van der Waals surface area (Å²) in [5.41, 5.74) is 1.01. The van der Waals surface area contributed by atoms with Gasteiger partial charge in [0.2, 0.25) is 0 Å². The molecule has 2 aliphatic rings. The molecule has 150 valence electrons. The number of oxazole rings is 1. The number of rotatable bonds is 3. The van der Waals surface area contributed by atoms with Gasteiger partial charge in [-0.3, -0.25) is 14.2 Å². The molecule has 7 nitrogen and oxygen atoms in total. The minimum atomic E-state index is -0.225. The van der Waals surface area contributed by atoms with Crippen LogP contribution in [-0.2, 0) is 0 Å². The Kier molecular flexibility index (Phi) is 4.45. The maximum absolute atomic E-state index is 13.4. The van der Waals surface area contributed by atoms with Crippen LogP contribution in [0.5, 0.6) is 0 Å². The van der Waals surface area contributed by atoms with Crippen molar-refractivity contribution in [1.29, 1.82) is 0 Å². The van der Waals surface area contributed by atoms with E-state index in [1.165, 1.54) is 6.26 Å². The zero-order valence-corrected chi connectivity index (χ0v) is 16.5. The standard InChI is InChI=1S/C22H24N4O3/c1-14-23-18(13-29-14)22(28)25-12-6-11-19(25)20-24-17-10-5-4-9-16(17)21(27)26(20)15-7-2-3-8-15/h4-5,9-10,13,15,19H,2-3,6-8,11-12H2,1H3. The number of hydrogen-bond acceptors (Lipinski definition) is 5. The number of nitrogens with zero attached hydrogens (tertiary/aromatic N) is 4. The predicted octanol–water partition coefficient (Wildman–Crippen LogP) is 3.79. The van der Waals surface area contributed by atoms with E-state index in [-0.39, 0.29) is 23.6 Å². The first-order valence-electron chi connectivity index (χ1n) is 10.4. The fourth-order valence-corrected chi connectivity index (χ4v) is 4.80. The molecule has 1 amide bonds. The molecule has 1 atom stereocenters. The average Bonchev–Trinajstić information content (AvgIpc) is 3.49. The van der Waals surface area contributed by atoms with E-state index in [2.05, 4.69) is 4.98 Å². The number of aryl methyl sites for hydroxylation is 1. The average molecular weight is 392 g/mol. The topological polar surface area (TPSA) is 81.2 Å². The summed E-state index contributed by atoms with van der Waals surface area (Å²) in [5.74, 6) is 1.02. The van der Waals surface area contributed by atoms with Crippen LogP contribution in [-0.4, -0.2) is 31.9 Å². The van der Waals surface area contributed by atoms with Gasteiger partial charge in [-0.2, -0.15) is 0 Å². The van der Waals surface area contributed by atoms with Gasteiger partial charge in [0, 0.05) is 19.5 Å². The highest BCUT2D eigenvalue weighted by Crippen LogP contribution is 2.36. The van der Waals surface area contributed by atoms with Crippen LogP contribution in [0.4, 0.5) is 0 Å². The van der Waals surface area contributed by atoms with E-state index >= 15 is 0 Å². The Bertz CT molecular complexity index is 1130. The van der Waals surface area contributed by atoms with Gasteiger partial charge >= 0.3 is 0 Å². The normalized spacial score (nSPS) is 20.0. The Morgan fingerprint density at radius 2 is 1.90 bits per heavy atom. The van der Waals surface area contributed by atoms with E-state index in [0.29, 0.717) is 34.9 Å². The number of hydrogen-bond donors (Lipinski definition) is 0. The highest BCUT2D eigenvalue weighted by molar-refractivity contribution is 5.92. The van der Waals surface area contributed by atoms with Crippen LogP contribution in [0, 0.1) is 6.92 Å².